The number of nitrogens with zero attached hydrogens (tertiary/aromatic N) is 1. The van der Waals surface area contributed by atoms with E-state index in [1.165, 1.54) is 11.8 Å². The van der Waals surface area contributed by atoms with Crippen LogP contribution in [-0.4, -0.2) is 48.1 Å². The van der Waals surface area contributed by atoms with Crippen LogP contribution in [0, 0.1) is 5.92 Å². The van der Waals surface area contributed by atoms with Crippen molar-refractivity contribution < 1.29 is 19.4 Å². The van der Waals surface area contributed by atoms with Gasteiger partial charge in [-0.3, -0.25) is 4.79 Å². The zero-order valence-corrected chi connectivity index (χ0v) is 14.2. The van der Waals surface area contributed by atoms with Crippen molar-refractivity contribution in [3.8, 4) is 5.75 Å². The first kappa shape index (κ1) is 18.3. The molecular formula is C16H21N3O4S. The van der Waals surface area contributed by atoms with Gasteiger partial charge >= 0.3 is 6.03 Å². The van der Waals surface area contributed by atoms with E-state index in [-0.39, 0.29) is 29.6 Å². The van der Waals surface area contributed by atoms with Crippen LogP contribution in [0.5, 0.6) is 5.75 Å². The molecule has 0 radical (unpaired) electrons. The number of ether oxygens (including phenoxy) is 1. The normalized spacial score (nSPS) is 19.7. The SMILES string of the molecule is COc1ccc(CNC(=O)CSC2NC(=O)N=CC2CCO)cc1. The summed E-state index contributed by atoms with van der Waals surface area (Å²) in [5, 5.41) is 14.4. The van der Waals surface area contributed by atoms with E-state index in [9.17, 15) is 9.59 Å². The molecule has 1 aromatic rings. The number of carbonyl (C=O) groups excluding carboxylic acids is 2. The van der Waals surface area contributed by atoms with Crippen LogP contribution in [0.15, 0.2) is 29.3 Å². The molecule has 0 aromatic heterocycles. The van der Waals surface area contributed by atoms with Crippen molar-refractivity contribution in [2.75, 3.05) is 19.5 Å². The Labute approximate surface area is 144 Å². The lowest BCUT2D eigenvalue weighted by Crippen LogP contribution is -2.42. The van der Waals surface area contributed by atoms with Crippen LogP contribution in [0.25, 0.3) is 0 Å². The first-order valence-electron chi connectivity index (χ1n) is 7.59. The number of hydrogen-bond donors (Lipinski definition) is 3. The molecule has 2 rings (SSSR count). The minimum Gasteiger partial charge on any atom is -0.497 e. The maximum Gasteiger partial charge on any atom is 0.341 e. The third-order valence-corrected chi connectivity index (χ3v) is 4.80. The van der Waals surface area contributed by atoms with Crippen molar-refractivity contribution in [2.24, 2.45) is 10.9 Å². The Balaban J connectivity index is 1.77. The highest BCUT2D eigenvalue weighted by atomic mass is 32.2. The zero-order valence-electron chi connectivity index (χ0n) is 13.4. The van der Waals surface area contributed by atoms with E-state index >= 15 is 0 Å². The molecule has 2 unspecified atom stereocenters. The number of amides is 3. The van der Waals surface area contributed by atoms with E-state index in [0.29, 0.717) is 13.0 Å². The highest BCUT2D eigenvalue weighted by molar-refractivity contribution is 8.00. The second-order valence-corrected chi connectivity index (χ2v) is 6.39. The molecule has 0 saturated carbocycles. The van der Waals surface area contributed by atoms with Crippen molar-refractivity contribution in [3.05, 3.63) is 29.8 Å². The molecule has 7 nitrogen and oxygen atoms in total. The van der Waals surface area contributed by atoms with E-state index in [1.54, 1.807) is 13.3 Å². The lowest BCUT2D eigenvalue weighted by molar-refractivity contribution is -0.118. The van der Waals surface area contributed by atoms with Crippen LogP contribution >= 0.6 is 11.8 Å². The van der Waals surface area contributed by atoms with Crippen molar-refractivity contribution in [1.29, 1.82) is 0 Å². The van der Waals surface area contributed by atoms with Crippen LogP contribution < -0.4 is 15.4 Å². The highest BCUT2D eigenvalue weighted by Gasteiger charge is 2.26. The number of nitrogens with one attached hydrogen (secondary N) is 2. The van der Waals surface area contributed by atoms with Gasteiger partial charge in [-0.1, -0.05) is 12.1 Å². The summed E-state index contributed by atoms with van der Waals surface area (Å²) in [7, 11) is 1.60. The van der Waals surface area contributed by atoms with Gasteiger partial charge in [0.15, 0.2) is 0 Å². The van der Waals surface area contributed by atoms with Crippen LogP contribution in [0.3, 0.4) is 0 Å². The number of thioether (sulfide) groups is 1. The Morgan fingerprint density at radius 1 is 1.42 bits per heavy atom. The van der Waals surface area contributed by atoms with Gasteiger partial charge in [-0.25, -0.2) is 9.79 Å². The van der Waals surface area contributed by atoms with Crippen molar-refractivity contribution in [2.45, 2.75) is 18.3 Å². The number of rotatable bonds is 8. The van der Waals surface area contributed by atoms with Gasteiger partial charge in [0.05, 0.1) is 18.2 Å². The summed E-state index contributed by atoms with van der Waals surface area (Å²) in [6, 6.07) is 7.04. The Morgan fingerprint density at radius 2 is 2.17 bits per heavy atom. The van der Waals surface area contributed by atoms with Gasteiger partial charge in [0.2, 0.25) is 5.91 Å². The van der Waals surface area contributed by atoms with E-state index in [4.69, 9.17) is 9.84 Å². The Morgan fingerprint density at radius 3 is 2.83 bits per heavy atom. The molecular weight excluding hydrogens is 330 g/mol. The summed E-state index contributed by atoms with van der Waals surface area (Å²) >= 11 is 1.33. The van der Waals surface area contributed by atoms with Crippen molar-refractivity contribution in [3.63, 3.8) is 0 Å². The van der Waals surface area contributed by atoms with Crippen molar-refractivity contribution >= 4 is 29.9 Å². The standard InChI is InChI=1S/C16H21N3O4S/c1-23-13-4-2-11(3-5-13)8-17-14(21)10-24-15-12(6-7-20)9-18-16(22)19-15/h2-5,9,12,15,20H,6-8,10H2,1H3,(H,17,21)(H,19,22). The summed E-state index contributed by atoms with van der Waals surface area (Å²) < 4.78 is 5.09. The molecule has 0 spiro atoms. The average Bonchev–Trinajstić information content (AvgIpc) is 2.60. The molecule has 1 aliphatic rings. The van der Waals surface area contributed by atoms with E-state index in [2.05, 4.69) is 15.6 Å². The molecule has 0 aliphatic carbocycles. The first-order valence-corrected chi connectivity index (χ1v) is 8.64. The van der Waals surface area contributed by atoms with E-state index < -0.39 is 6.03 Å². The number of carbonyl (C=O) groups is 2. The second kappa shape index (κ2) is 9.29. The summed E-state index contributed by atoms with van der Waals surface area (Å²) in [4.78, 5) is 27.0. The smallest absolute Gasteiger partial charge is 0.341 e. The molecule has 1 aliphatic heterocycles. The minimum absolute atomic E-state index is 0.00723. The Hall–Kier alpha value is -2.06. The predicted molar refractivity (Wildman–Crippen MR) is 93.3 cm³/mol. The largest absolute Gasteiger partial charge is 0.497 e. The molecule has 8 heteroatoms. The molecule has 24 heavy (non-hydrogen) atoms. The van der Waals surface area contributed by atoms with Crippen LogP contribution in [0.4, 0.5) is 4.79 Å². The van der Waals surface area contributed by atoms with Gasteiger partial charge in [0.25, 0.3) is 0 Å². The lowest BCUT2D eigenvalue weighted by atomic mass is 10.1. The summed E-state index contributed by atoms with van der Waals surface area (Å²) in [5.74, 6) is 0.796. The van der Waals surface area contributed by atoms with Gasteiger partial charge in [-0.15, -0.1) is 11.8 Å². The number of methoxy groups -OCH3 is 1. The number of aliphatic hydroxyl groups is 1. The Bertz CT molecular complexity index is 591. The summed E-state index contributed by atoms with van der Waals surface area (Å²) in [6.07, 6.45) is 2.04. The predicted octanol–water partition coefficient (Wildman–Crippen LogP) is 1.16. The molecule has 130 valence electrons. The molecule has 0 bridgehead atoms. The summed E-state index contributed by atoms with van der Waals surface area (Å²) in [6.45, 7) is 0.440. The zero-order chi connectivity index (χ0) is 17.4. The molecule has 2 atom stereocenters. The first-order chi connectivity index (χ1) is 11.6. The maximum absolute atomic E-state index is 12.0. The molecule has 0 saturated heterocycles. The second-order valence-electron chi connectivity index (χ2n) is 5.26. The fraction of sp³-hybridized carbons (Fsp3) is 0.438. The van der Waals surface area contributed by atoms with E-state index in [0.717, 1.165) is 11.3 Å². The summed E-state index contributed by atoms with van der Waals surface area (Å²) in [5.41, 5.74) is 0.977. The molecule has 1 heterocycles. The number of aliphatic imine (C=N–C) groups is 1. The van der Waals surface area contributed by atoms with Crippen molar-refractivity contribution in [1.82, 2.24) is 10.6 Å². The highest BCUT2D eigenvalue weighted by Crippen LogP contribution is 2.21. The Kier molecular flexibility index (Phi) is 7.07. The van der Waals surface area contributed by atoms with Gasteiger partial charge in [-0.05, 0) is 24.1 Å². The van der Waals surface area contributed by atoms with Gasteiger partial charge in [0, 0.05) is 25.3 Å². The number of benzene rings is 1. The fourth-order valence-corrected chi connectivity index (χ4v) is 3.28. The monoisotopic (exact) mass is 351 g/mol. The quantitative estimate of drug-likeness (QED) is 0.653. The molecule has 0 fully saturated rings. The van der Waals surface area contributed by atoms with Crippen LogP contribution in [0.2, 0.25) is 0 Å². The third-order valence-electron chi connectivity index (χ3n) is 3.54. The third kappa shape index (κ3) is 5.54. The van der Waals surface area contributed by atoms with Gasteiger partial charge in [0.1, 0.15) is 5.75 Å². The van der Waals surface area contributed by atoms with E-state index in [1.807, 2.05) is 24.3 Å². The fourth-order valence-electron chi connectivity index (χ4n) is 2.21. The van der Waals surface area contributed by atoms with Crippen LogP contribution in [-0.2, 0) is 11.3 Å². The lowest BCUT2D eigenvalue weighted by Gasteiger charge is -2.26. The van der Waals surface area contributed by atoms with Crippen LogP contribution in [0.1, 0.15) is 12.0 Å². The maximum atomic E-state index is 12.0. The molecule has 3 N–H and O–H groups in total. The average molecular weight is 351 g/mol. The molecule has 3 amide bonds. The van der Waals surface area contributed by atoms with Gasteiger partial charge in [-0.2, -0.15) is 0 Å². The molecule has 1 aromatic carbocycles. The topological polar surface area (TPSA) is 100 Å². The minimum atomic E-state index is -0.416. The number of urea groups is 1. The van der Waals surface area contributed by atoms with Gasteiger partial charge < -0.3 is 20.5 Å². The number of hydrogen-bond acceptors (Lipinski definition) is 5. The number of aliphatic hydroxyl groups excluding tert-OH is 1.